The first-order valence-electron chi connectivity index (χ1n) is 9.13. The van der Waals surface area contributed by atoms with E-state index in [1.165, 1.54) is 13.2 Å². The number of benzene rings is 3. The van der Waals surface area contributed by atoms with Crippen LogP contribution in [0.15, 0.2) is 79.4 Å². The topological polar surface area (TPSA) is 55.7 Å². The van der Waals surface area contributed by atoms with Gasteiger partial charge in [-0.25, -0.2) is 9.37 Å². The standard InChI is InChI=1S/C23H17FN4O/c1-29-19-6-7-20(21(24)11-19)16-3-2-4-18(9-16)28-14-25-22-10-15(5-8-23(22)28)17-12-26-27-13-17/h2-14H,1H3,(H,26,27). The lowest BCUT2D eigenvalue weighted by molar-refractivity contribution is 0.411. The summed E-state index contributed by atoms with van der Waals surface area (Å²) in [6.07, 6.45) is 5.42. The van der Waals surface area contributed by atoms with E-state index in [9.17, 15) is 4.39 Å². The summed E-state index contributed by atoms with van der Waals surface area (Å²) in [5.41, 5.74) is 6.15. The average Bonchev–Trinajstić information content (AvgIpc) is 3.43. The molecule has 1 N–H and O–H groups in total. The predicted octanol–water partition coefficient (Wildman–Crippen LogP) is 5.23. The fourth-order valence-electron chi connectivity index (χ4n) is 3.49. The van der Waals surface area contributed by atoms with Gasteiger partial charge < -0.3 is 4.74 Å². The molecule has 0 aliphatic carbocycles. The summed E-state index contributed by atoms with van der Waals surface area (Å²) < 4.78 is 21.6. The van der Waals surface area contributed by atoms with Crippen LogP contribution in [0.25, 0.3) is 39.0 Å². The summed E-state index contributed by atoms with van der Waals surface area (Å²) in [7, 11) is 1.52. The lowest BCUT2D eigenvalue weighted by Crippen LogP contribution is -1.93. The van der Waals surface area contributed by atoms with Crippen molar-refractivity contribution in [2.75, 3.05) is 7.11 Å². The summed E-state index contributed by atoms with van der Waals surface area (Å²) in [6, 6.07) is 18.7. The molecule has 5 rings (SSSR count). The van der Waals surface area contributed by atoms with Gasteiger partial charge in [0.05, 0.1) is 24.3 Å². The summed E-state index contributed by atoms with van der Waals surface area (Å²) in [5.74, 6) is 0.179. The van der Waals surface area contributed by atoms with Crippen LogP contribution in [0.2, 0.25) is 0 Å². The van der Waals surface area contributed by atoms with Gasteiger partial charge in [0.25, 0.3) is 0 Å². The maximum absolute atomic E-state index is 14.5. The van der Waals surface area contributed by atoms with E-state index < -0.39 is 0 Å². The molecule has 0 saturated carbocycles. The predicted molar refractivity (Wildman–Crippen MR) is 111 cm³/mol. The second-order valence-electron chi connectivity index (χ2n) is 6.70. The van der Waals surface area contributed by atoms with E-state index in [1.54, 1.807) is 24.7 Å². The minimum Gasteiger partial charge on any atom is -0.497 e. The number of imidazole rings is 1. The SMILES string of the molecule is COc1ccc(-c2cccc(-n3cnc4cc(-c5cn[nH]c5)ccc43)c2)c(F)c1. The molecule has 2 heterocycles. The number of rotatable bonds is 4. The maximum atomic E-state index is 14.5. The second-order valence-corrected chi connectivity index (χ2v) is 6.70. The van der Waals surface area contributed by atoms with Gasteiger partial charge in [0, 0.05) is 29.1 Å². The van der Waals surface area contributed by atoms with E-state index in [-0.39, 0.29) is 5.82 Å². The largest absolute Gasteiger partial charge is 0.497 e. The molecule has 5 aromatic rings. The molecular weight excluding hydrogens is 367 g/mol. The van der Waals surface area contributed by atoms with Gasteiger partial charge >= 0.3 is 0 Å². The van der Waals surface area contributed by atoms with Crippen molar-refractivity contribution in [2.24, 2.45) is 0 Å². The average molecular weight is 384 g/mol. The minimum atomic E-state index is -0.318. The number of hydrogen-bond donors (Lipinski definition) is 1. The Bertz CT molecular complexity index is 1310. The van der Waals surface area contributed by atoms with E-state index in [0.29, 0.717) is 11.3 Å². The van der Waals surface area contributed by atoms with Gasteiger partial charge in [0.2, 0.25) is 0 Å². The highest BCUT2D eigenvalue weighted by Crippen LogP contribution is 2.29. The molecule has 142 valence electrons. The Labute approximate surface area is 166 Å². The number of fused-ring (bicyclic) bond motifs is 1. The monoisotopic (exact) mass is 384 g/mol. The highest BCUT2D eigenvalue weighted by molar-refractivity contribution is 5.83. The quantitative estimate of drug-likeness (QED) is 0.462. The molecule has 0 fully saturated rings. The van der Waals surface area contributed by atoms with E-state index in [2.05, 4.69) is 15.2 Å². The zero-order chi connectivity index (χ0) is 19.8. The van der Waals surface area contributed by atoms with Crippen molar-refractivity contribution in [3.8, 4) is 33.7 Å². The van der Waals surface area contributed by atoms with Crippen molar-refractivity contribution in [3.05, 3.63) is 85.2 Å². The third-order valence-electron chi connectivity index (χ3n) is 4.99. The van der Waals surface area contributed by atoms with Crippen molar-refractivity contribution in [2.45, 2.75) is 0 Å². The molecule has 0 spiro atoms. The zero-order valence-electron chi connectivity index (χ0n) is 15.6. The summed E-state index contributed by atoms with van der Waals surface area (Å²) >= 11 is 0. The number of nitrogens with zero attached hydrogens (tertiary/aromatic N) is 3. The minimum absolute atomic E-state index is 0.318. The molecule has 0 bridgehead atoms. The van der Waals surface area contributed by atoms with Gasteiger partial charge in [-0.3, -0.25) is 9.67 Å². The molecule has 5 nitrogen and oxygen atoms in total. The molecular formula is C23H17FN4O. The highest BCUT2D eigenvalue weighted by atomic mass is 19.1. The number of hydrogen-bond acceptors (Lipinski definition) is 3. The summed E-state index contributed by atoms with van der Waals surface area (Å²) in [5, 5.41) is 6.83. The molecule has 0 aliphatic rings. The third kappa shape index (κ3) is 3.04. The number of H-pyrrole nitrogens is 1. The van der Waals surface area contributed by atoms with Crippen LogP contribution in [0, 0.1) is 5.82 Å². The molecule has 0 aliphatic heterocycles. The van der Waals surface area contributed by atoms with Crippen molar-refractivity contribution < 1.29 is 9.13 Å². The first kappa shape index (κ1) is 17.2. The first-order chi connectivity index (χ1) is 14.2. The lowest BCUT2D eigenvalue weighted by Gasteiger charge is -2.09. The third-order valence-corrected chi connectivity index (χ3v) is 4.99. The summed E-state index contributed by atoms with van der Waals surface area (Å²) in [6.45, 7) is 0. The summed E-state index contributed by atoms with van der Waals surface area (Å²) in [4.78, 5) is 4.55. The van der Waals surface area contributed by atoms with E-state index in [1.807, 2.05) is 53.2 Å². The molecule has 0 radical (unpaired) electrons. The zero-order valence-corrected chi connectivity index (χ0v) is 15.6. The van der Waals surface area contributed by atoms with Gasteiger partial charge in [-0.2, -0.15) is 5.10 Å². The Hall–Kier alpha value is -3.93. The fraction of sp³-hybridized carbons (Fsp3) is 0.0435. The Morgan fingerprint density at radius 1 is 0.966 bits per heavy atom. The number of halogens is 1. The molecule has 0 unspecified atom stereocenters. The van der Waals surface area contributed by atoms with Crippen molar-refractivity contribution in [1.82, 2.24) is 19.7 Å². The normalized spacial score (nSPS) is 11.1. The molecule has 2 aromatic heterocycles. The van der Waals surface area contributed by atoms with Crippen molar-refractivity contribution in [3.63, 3.8) is 0 Å². The van der Waals surface area contributed by atoms with Crippen LogP contribution in [-0.4, -0.2) is 26.9 Å². The first-order valence-corrected chi connectivity index (χ1v) is 9.13. The smallest absolute Gasteiger partial charge is 0.134 e. The second kappa shape index (κ2) is 6.91. The van der Waals surface area contributed by atoms with Gasteiger partial charge in [-0.05, 0) is 47.5 Å². The number of aromatic nitrogens is 4. The van der Waals surface area contributed by atoms with E-state index >= 15 is 0 Å². The molecule has 0 atom stereocenters. The van der Waals surface area contributed by atoms with Crippen LogP contribution in [0.4, 0.5) is 4.39 Å². The van der Waals surface area contributed by atoms with Crippen LogP contribution in [0.5, 0.6) is 5.75 Å². The number of nitrogens with one attached hydrogen (secondary N) is 1. The van der Waals surface area contributed by atoms with E-state index in [0.717, 1.165) is 33.4 Å². The van der Waals surface area contributed by atoms with Crippen molar-refractivity contribution in [1.29, 1.82) is 0 Å². The van der Waals surface area contributed by atoms with Crippen LogP contribution in [0.1, 0.15) is 0 Å². The molecule has 3 aromatic carbocycles. The Morgan fingerprint density at radius 3 is 2.69 bits per heavy atom. The van der Waals surface area contributed by atoms with Gasteiger partial charge in [0.15, 0.2) is 0 Å². The lowest BCUT2D eigenvalue weighted by atomic mass is 10.0. The Morgan fingerprint density at radius 2 is 1.90 bits per heavy atom. The van der Waals surface area contributed by atoms with Crippen LogP contribution in [-0.2, 0) is 0 Å². The van der Waals surface area contributed by atoms with Gasteiger partial charge in [-0.15, -0.1) is 0 Å². The Balaban J connectivity index is 1.56. The highest BCUT2D eigenvalue weighted by Gasteiger charge is 2.10. The fourth-order valence-corrected chi connectivity index (χ4v) is 3.49. The van der Waals surface area contributed by atoms with Gasteiger partial charge in [-0.1, -0.05) is 18.2 Å². The van der Waals surface area contributed by atoms with Crippen molar-refractivity contribution >= 4 is 11.0 Å². The van der Waals surface area contributed by atoms with Crippen LogP contribution in [0.3, 0.4) is 0 Å². The molecule has 29 heavy (non-hydrogen) atoms. The number of aromatic amines is 1. The molecule has 0 amide bonds. The number of methoxy groups -OCH3 is 1. The van der Waals surface area contributed by atoms with Crippen LogP contribution >= 0.6 is 0 Å². The Kier molecular flexibility index (Phi) is 4.09. The van der Waals surface area contributed by atoms with Gasteiger partial charge in [0.1, 0.15) is 17.9 Å². The molecule has 6 heteroatoms. The van der Waals surface area contributed by atoms with E-state index in [4.69, 9.17) is 4.74 Å². The molecule has 0 saturated heterocycles. The number of ether oxygens (including phenoxy) is 1. The maximum Gasteiger partial charge on any atom is 0.134 e. The van der Waals surface area contributed by atoms with Crippen LogP contribution < -0.4 is 4.74 Å².